The van der Waals surface area contributed by atoms with Crippen LogP contribution in [0.1, 0.15) is 25.3 Å². The Balaban J connectivity index is 3.08. The van der Waals surface area contributed by atoms with Crippen LogP contribution >= 0.6 is 0 Å². The number of nitrogens with one attached hydrogen (secondary N) is 1. The molecular formula is C13H14F3NO2S. The third kappa shape index (κ3) is 4.25. The normalized spacial score (nSPS) is 13.8. The van der Waals surface area contributed by atoms with Gasteiger partial charge in [-0.2, -0.15) is 17.9 Å². The van der Waals surface area contributed by atoms with Gasteiger partial charge in [-0.15, -0.1) is 6.42 Å². The van der Waals surface area contributed by atoms with Crippen molar-refractivity contribution in [3.63, 3.8) is 0 Å². The van der Waals surface area contributed by atoms with Gasteiger partial charge in [0.1, 0.15) is 0 Å². The van der Waals surface area contributed by atoms with E-state index in [0.717, 1.165) is 18.2 Å². The van der Waals surface area contributed by atoms with Gasteiger partial charge in [0.25, 0.3) is 0 Å². The van der Waals surface area contributed by atoms with Gasteiger partial charge in [-0.3, -0.25) is 0 Å². The van der Waals surface area contributed by atoms with Gasteiger partial charge in [0.2, 0.25) is 10.0 Å². The molecule has 0 fully saturated rings. The van der Waals surface area contributed by atoms with Crippen molar-refractivity contribution in [3.05, 3.63) is 29.8 Å². The van der Waals surface area contributed by atoms with Gasteiger partial charge in [-0.25, -0.2) is 8.42 Å². The number of rotatable bonds is 5. The van der Waals surface area contributed by atoms with Crippen LogP contribution in [-0.2, 0) is 16.2 Å². The Morgan fingerprint density at radius 3 is 2.55 bits per heavy atom. The lowest BCUT2D eigenvalue weighted by molar-refractivity contribution is -0.137. The smallest absolute Gasteiger partial charge is 0.207 e. The standard InChI is InChI=1S/C13H14F3NO2S/c1-3-6-11(4-2)17-20(18,19)12-8-5-7-10(9-12)13(14,15)16/h2,5,7-9,11,17H,3,6H2,1H3. The van der Waals surface area contributed by atoms with Crippen molar-refractivity contribution in [2.45, 2.75) is 36.9 Å². The predicted octanol–water partition coefficient (Wildman–Crippen LogP) is 2.79. The van der Waals surface area contributed by atoms with Crippen molar-refractivity contribution < 1.29 is 21.6 Å². The van der Waals surface area contributed by atoms with Crippen LogP contribution in [0, 0.1) is 12.3 Å². The van der Waals surface area contributed by atoms with Crippen molar-refractivity contribution in [2.24, 2.45) is 0 Å². The van der Waals surface area contributed by atoms with Gasteiger partial charge in [0, 0.05) is 0 Å². The van der Waals surface area contributed by atoms with Crippen LogP contribution in [0.2, 0.25) is 0 Å². The fourth-order valence-electron chi connectivity index (χ4n) is 1.56. The molecule has 0 heterocycles. The summed E-state index contributed by atoms with van der Waals surface area (Å²) in [5.74, 6) is 2.26. The molecule has 1 atom stereocenters. The molecule has 0 radical (unpaired) electrons. The van der Waals surface area contributed by atoms with Crippen molar-refractivity contribution in [1.82, 2.24) is 4.72 Å². The lowest BCUT2D eigenvalue weighted by atomic mass is 10.2. The Morgan fingerprint density at radius 2 is 2.05 bits per heavy atom. The Bertz CT molecular complexity index is 603. The lowest BCUT2D eigenvalue weighted by Crippen LogP contribution is -2.33. The molecule has 1 rings (SSSR count). The molecule has 7 heteroatoms. The largest absolute Gasteiger partial charge is 0.416 e. The van der Waals surface area contributed by atoms with Gasteiger partial charge in [-0.05, 0) is 24.6 Å². The molecule has 0 aromatic heterocycles. The van der Waals surface area contributed by atoms with E-state index in [2.05, 4.69) is 10.6 Å². The third-order valence-electron chi connectivity index (χ3n) is 2.55. The molecular weight excluding hydrogens is 291 g/mol. The summed E-state index contributed by atoms with van der Waals surface area (Å²) < 4.78 is 63.8. The van der Waals surface area contributed by atoms with Crippen LogP contribution < -0.4 is 4.72 Å². The van der Waals surface area contributed by atoms with E-state index in [0.29, 0.717) is 18.9 Å². The molecule has 0 saturated heterocycles. The number of sulfonamides is 1. The van der Waals surface area contributed by atoms with E-state index in [-0.39, 0.29) is 0 Å². The quantitative estimate of drug-likeness (QED) is 0.850. The van der Waals surface area contributed by atoms with Gasteiger partial charge < -0.3 is 0 Å². The van der Waals surface area contributed by atoms with Crippen molar-refractivity contribution in [1.29, 1.82) is 0 Å². The van der Waals surface area contributed by atoms with E-state index >= 15 is 0 Å². The summed E-state index contributed by atoms with van der Waals surface area (Å²) in [6.45, 7) is 1.82. The molecule has 0 saturated carbocycles. The zero-order valence-electron chi connectivity index (χ0n) is 10.7. The molecule has 1 aromatic carbocycles. The summed E-state index contributed by atoms with van der Waals surface area (Å²) >= 11 is 0. The molecule has 0 bridgehead atoms. The summed E-state index contributed by atoms with van der Waals surface area (Å²) in [7, 11) is -4.07. The maximum atomic E-state index is 12.6. The topological polar surface area (TPSA) is 46.2 Å². The third-order valence-corrected chi connectivity index (χ3v) is 4.02. The Kier molecular flexibility index (Phi) is 5.20. The van der Waals surface area contributed by atoms with E-state index in [1.807, 2.05) is 6.92 Å². The first kappa shape index (κ1) is 16.5. The number of terminal acetylenes is 1. The van der Waals surface area contributed by atoms with Crippen molar-refractivity contribution >= 4 is 10.0 Å². The highest BCUT2D eigenvalue weighted by molar-refractivity contribution is 7.89. The van der Waals surface area contributed by atoms with Crippen LogP contribution in [-0.4, -0.2) is 14.5 Å². The SMILES string of the molecule is C#CC(CCC)NS(=O)(=O)c1cccc(C(F)(F)F)c1. The molecule has 3 nitrogen and oxygen atoms in total. The number of benzene rings is 1. The molecule has 1 unspecified atom stereocenters. The van der Waals surface area contributed by atoms with Crippen LogP contribution in [0.15, 0.2) is 29.2 Å². The second kappa shape index (κ2) is 6.29. The molecule has 0 amide bonds. The summed E-state index contributed by atoms with van der Waals surface area (Å²) in [6.07, 6.45) is 1.65. The molecule has 110 valence electrons. The van der Waals surface area contributed by atoms with Gasteiger partial charge in [0.05, 0.1) is 16.5 Å². The monoisotopic (exact) mass is 305 g/mol. The van der Waals surface area contributed by atoms with Crippen LogP contribution in [0.5, 0.6) is 0 Å². The average molecular weight is 305 g/mol. The van der Waals surface area contributed by atoms with Gasteiger partial charge in [-0.1, -0.05) is 25.3 Å². The maximum absolute atomic E-state index is 12.6. The second-order valence-corrected chi connectivity index (χ2v) is 5.87. The molecule has 1 N–H and O–H groups in total. The highest BCUT2D eigenvalue weighted by atomic mass is 32.2. The zero-order chi connectivity index (χ0) is 15.4. The molecule has 20 heavy (non-hydrogen) atoms. The zero-order valence-corrected chi connectivity index (χ0v) is 11.6. The molecule has 0 aliphatic rings. The molecule has 0 aliphatic carbocycles. The number of alkyl halides is 3. The van der Waals surface area contributed by atoms with Crippen LogP contribution in [0.3, 0.4) is 0 Å². The minimum Gasteiger partial charge on any atom is -0.207 e. The molecule has 0 aliphatic heterocycles. The van der Waals surface area contributed by atoms with Crippen molar-refractivity contribution in [3.8, 4) is 12.3 Å². The van der Waals surface area contributed by atoms with Gasteiger partial charge in [0.15, 0.2) is 0 Å². The van der Waals surface area contributed by atoms with E-state index in [1.165, 1.54) is 0 Å². The second-order valence-electron chi connectivity index (χ2n) is 4.15. The summed E-state index contributed by atoms with van der Waals surface area (Å²) in [4.78, 5) is -0.455. The molecule has 1 aromatic rings. The number of halogens is 3. The van der Waals surface area contributed by atoms with E-state index < -0.39 is 32.7 Å². The number of hydrogen-bond donors (Lipinski definition) is 1. The van der Waals surface area contributed by atoms with E-state index in [1.54, 1.807) is 0 Å². The minimum atomic E-state index is -4.60. The molecule has 0 spiro atoms. The summed E-state index contributed by atoms with van der Waals surface area (Å²) in [5.41, 5.74) is -1.02. The van der Waals surface area contributed by atoms with Crippen LogP contribution in [0.25, 0.3) is 0 Å². The summed E-state index contributed by atoms with van der Waals surface area (Å²) in [5, 5.41) is 0. The first-order chi connectivity index (χ1) is 9.20. The van der Waals surface area contributed by atoms with Crippen molar-refractivity contribution in [2.75, 3.05) is 0 Å². The minimum absolute atomic E-state index is 0.411. The summed E-state index contributed by atoms with van der Waals surface area (Å²) in [6, 6.07) is 2.80. The predicted molar refractivity (Wildman–Crippen MR) is 69.3 cm³/mol. The maximum Gasteiger partial charge on any atom is 0.416 e. The van der Waals surface area contributed by atoms with E-state index in [4.69, 9.17) is 6.42 Å². The Labute approximate surface area is 116 Å². The van der Waals surface area contributed by atoms with Gasteiger partial charge >= 0.3 is 6.18 Å². The fourth-order valence-corrected chi connectivity index (χ4v) is 2.80. The lowest BCUT2D eigenvalue weighted by Gasteiger charge is -2.14. The fraction of sp³-hybridized carbons (Fsp3) is 0.385. The Hall–Kier alpha value is -1.52. The highest BCUT2D eigenvalue weighted by Crippen LogP contribution is 2.30. The van der Waals surface area contributed by atoms with Crippen LogP contribution in [0.4, 0.5) is 13.2 Å². The Morgan fingerprint density at radius 1 is 1.40 bits per heavy atom. The average Bonchev–Trinajstić information content (AvgIpc) is 2.37. The first-order valence-electron chi connectivity index (χ1n) is 5.86. The highest BCUT2D eigenvalue weighted by Gasteiger charge is 2.31. The van der Waals surface area contributed by atoms with E-state index in [9.17, 15) is 21.6 Å². The first-order valence-corrected chi connectivity index (χ1v) is 7.34. The number of hydrogen-bond acceptors (Lipinski definition) is 2.